The normalized spacial score (nSPS) is 19.4. The maximum Gasteiger partial charge on any atom is 0.453 e. The number of rotatable bonds is 0. The highest BCUT2D eigenvalue weighted by atomic mass is 19.4. The van der Waals surface area contributed by atoms with Gasteiger partial charge in [-0.3, -0.25) is 9.59 Å². The lowest BCUT2D eigenvalue weighted by molar-refractivity contribution is -0.155. The maximum absolute atomic E-state index is 12.5. The van der Waals surface area contributed by atoms with E-state index in [-0.39, 0.29) is 12.1 Å². The average molecular weight is 247 g/mol. The van der Waals surface area contributed by atoms with Crippen molar-refractivity contribution in [2.75, 3.05) is 0 Å². The molecule has 0 fully saturated rings. The highest BCUT2D eigenvalue weighted by molar-refractivity contribution is 6.46. The van der Waals surface area contributed by atoms with Crippen molar-refractivity contribution in [3.05, 3.63) is 17.0 Å². The van der Waals surface area contributed by atoms with E-state index in [9.17, 15) is 22.8 Å². The first-order valence-corrected chi connectivity index (χ1v) is 4.79. The Morgan fingerprint density at radius 2 is 1.88 bits per heavy atom. The van der Waals surface area contributed by atoms with Gasteiger partial charge in [-0.25, -0.2) is 0 Å². The Morgan fingerprint density at radius 1 is 1.29 bits per heavy atom. The van der Waals surface area contributed by atoms with Crippen molar-refractivity contribution >= 4 is 11.6 Å². The molecular weight excluding hydrogens is 239 g/mol. The van der Waals surface area contributed by atoms with Crippen molar-refractivity contribution in [2.45, 2.75) is 26.4 Å². The molecular formula is C10H8F3NO3. The molecule has 0 bridgehead atoms. The summed E-state index contributed by atoms with van der Waals surface area (Å²) in [6.07, 6.45) is -4.86. The van der Waals surface area contributed by atoms with E-state index in [1.54, 1.807) is 0 Å². The topological polar surface area (TPSA) is 60.2 Å². The number of halogens is 3. The van der Waals surface area contributed by atoms with Crippen molar-refractivity contribution in [3.63, 3.8) is 0 Å². The minimum Gasteiger partial charge on any atom is -0.351 e. The SMILES string of the molecule is CC1(C)Cc2noc(C(F)(F)F)c2C(=O)C1=O. The van der Waals surface area contributed by atoms with Crippen molar-refractivity contribution in [2.24, 2.45) is 5.41 Å². The zero-order valence-electron chi connectivity index (χ0n) is 9.01. The van der Waals surface area contributed by atoms with Gasteiger partial charge >= 0.3 is 6.18 Å². The Morgan fingerprint density at radius 3 is 2.41 bits per heavy atom. The Hall–Kier alpha value is -1.66. The van der Waals surface area contributed by atoms with Gasteiger partial charge in [0.25, 0.3) is 5.76 Å². The number of fused-ring (bicyclic) bond motifs is 1. The summed E-state index contributed by atoms with van der Waals surface area (Å²) in [5.74, 6) is -3.51. The molecule has 1 aromatic heterocycles. The number of aromatic nitrogens is 1. The van der Waals surface area contributed by atoms with Crippen LogP contribution in [0.2, 0.25) is 0 Å². The number of carbonyl (C=O) groups is 2. The Kier molecular flexibility index (Phi) is 2.21. The van der Waals surface area contributed by atoms with Gasteiger partial charge in [0.1, 0.15) is 5.56 Å². The molecule has 0 spiro atoms. The number of hydrogen-bond acceptors (Lipinski definition) is 4. The van der Waals surface area contributed by atoms with Gasteiger partial charge in [-0.1, -0.05) is 19.0 Å². The molecule has 0 N–H and O–H groups in total. The molecule has 17 heavy (non-hydrogen) atoms. The molecule has 1 aromatic rings. The second-order valence-electron chi connectivity index (χ2n) is 4.55. The molecule has 0 atom stereocenters. The van der Waals surface area contributed by atoms with E-state index in [4.69, 9.17) is 0 Å². The van der Waals surface area contributed by atoms with Crippen LogP contribution >= 0.6 is 0 Å². The minimum absolute atomic E-state index is 0.0352. The van der Waals surface area contributed by atoms with Gasteiger partial charge in [-0.05, 0) is 0 Å². The van der Waals surface area contributed by atoms with E-state index in [0.717, 1.165) is 0 Å². The summed E-state index contributed by atoms with van der Waals surface area (Å²) in [7, 11) is 0. The van der Waals surface area contributed by atoms with Gasteiger partial charge in [0, 0.05) is 11.8 Å². The van der Waals surface area contributed by atoms with Gasteiger partial charge in [0.2, 0.25) is 11.6 Å². The van der Waals surface area contributed by atoms with Gasteiger partial charge < -0.3 is 4.52 Å². The maximum atomic E-state index is 12.5. The van der Waals surface area contributed by atoms with Crippen LogP contribution in [0.5, 0.6) is 0 Å². The van der Waals surface area contributed by atoms with Crippen LogP contribution in [0.4, 0.5) is 13.2 Å². The molecule has 0 amide bonds. The quantitative estimate of drug-likeness (QED) is 0.658. The standard InChI is InChI=1S/C10H8F3NO3/c1-9(2)3-4-5(6(15)7(9)16)8(17-14-4)10(11,12)13/h3H2,1-2H3. The first-order valence-electron chi connectivity index (χ1n) is 4.79. The van der Waals surface area contributed by atoms with Crippen molar-refractivity contribution < 1.29 is 27.3 Å². The third-order valence-corrected chi connectivity index (χ3v) is 2.68. The summed E-state index contributed by atoms with van der Waals surface area (Å²) in [5, 5.41) is 3.24. The monoisotopic (exact) mass is 247 g/mol. The van der Waals surface area contributed by atoms with Crippen LogP contribution in [0.3, 0.4) is 0 Å². The number of hydrogen-bond donors (Lipinski definition) is 0. The molecule has 0 saturated heterocycles. The fraction of sp³-hybridized carbons (Fsp3) is 0.500. The van der Waals surface area contributed by atoms with E-state index in [0.29, 0.717) is 0 Å². The van der Waals surface area contributed by atoms with E-state index < -0.39 is 34.5 Å². The van der Waals surface area contributed by atoms with Crippen LogP contribution in [0.25, 0.3) is 0 Å². The molecule has 0 unspecified atom stereocenters. The van der Waals surface area contributed by atoms with E-state index in [1.165, 1.54) is 13.8 Å². The first-order chi connectivity index (χ1) is 7.64. The number of ketones is 2. The summed E-state index contributed by atoms with van der Waals surface area (Å²) < 4.78 is 41.7. The first kappa shape index (κ1) is 11.8. The minimum atomic E-state index is -4.82. The Labute approximate surface area is 93.8 Å². The number of alkyl halides is 3. The lowest BCUT2D eigenvalue weighted by Gasteiger charge is -2.25. The fourth-order valence-electron chi connectivity index (χ4n) is 1.79. The summed E-state index contributed by atoms with van der Waals surface area (Å²) in [6, 6.07) is 0. The van der Waals surface area contributed by atoms with Gasteiger partial charge in [-0.15, -0.1) is 0 Å². The van der Waals surface area contributed by atoms with Crippen molar-refractivity contribution in [1.82, 2.24) is 5.16 Å². The summed E-state index contributed by atoms with van der Waals surface area (Å²) in [5.41, 5.74) is -1.88. The molecule has 0 saturated carbocycles. The molecule has 1 aliphatic carbocycles. The predicted molar refractivity (Wildman–Crippen MR) is 48.3 cm³/mol. The molecule has 1 aliphatic rings. The van der Waals surface area contributed by atoms with Gasteiger partial charge in [-0.2, -0.15) is 13.2 Å². The van der Waals surface area contributed by atoms with Crippen LogP contribution in [0.15, 0.2) is 4.52 Å². The number of Topliss-reactive ketones (excluding diaryl/α,β-unsaturated/α-hetero) is 2. The van der Waals surface area contributed by atoms with Gasteiger partial charge in [0.15, 0.2) is 0 Å². The second-order valence-corrected chi connectivity index (χ2v) is 4.55. The smallest absolute Gasteiger partial charge is 0.351 e. The van der Waals surface area contributed by atoms with Crippen molar-refractivity contribution in [3.8, 4) is 0 Å². The largest absolute Gasteiger partial charge is 0.453 e. The Bertz CT molecular complexity index is 513. The second kappa shape index (κ2) is 3.18. The molecule has 0 aliphatic heterocycles. The molecule has 7 heteroatoms. The van der Waals surface area contributed by atoms with Crippen LogP contribution in [0, 0.1) is 5.41 Å². The molecule has 1 heterocycles. The molecule has 0 aromatic carbocycles. The zero-order valence-corrected chi connectivity index (χ0v) is 9.01. The summed E-state index contributed by atoms with van der Waals surface area (Å²) in [6.45, 7) is 2.97. The summed E-state index contributed by atoms with van der Waals surface area (Å²) >= 11 is 0. The number of nitrogens with zero attached hydrogens (tertiary/aromatic N) is 1. The van der Waals surface area contributed by atoms with Crippen molar-refractivity contribution in [1.29, 1.82) is 0 Å². The predicted octanol–water partition coefficient (Wildman–Crippen LogP) is 2.03. The van der Waals surface area contributed by atoms with Crippen LogP contribution < -0.4 is 0 Å². The third kappa shape index (κ3) is 1.65. The number of carbonyl (C=O) groups excluding carboxylic acids is 2. The molecule has 92 valence electrons. The van der Waals surface area contributed by atoms with E-state index >= 15 is 0 Å². The van der Waals surface area contributed by atoms with E-state index in [1.807, 2.05) is 0 Å². The van der Waals surface area contributed by atoms with Crippen LogP contribution in [-0.4, -0.2) is 16.7 Å². The zero-order chi connectivity index (χ0) is 13.0. The van der Waals surface area contributed by atoms with E-state index in [2.05, 4.69) is 9.68 Å². The molecule has 0 radical (unpaired) electrons. The highest BCUT2D eigenvalue weighted by Crippen LogP contribution is 2.39. The third-order valence-electron chi connectivity index (χ3n) is 2.68. The Balaban J connectivity index is 2.62. The fourth-order valence-corrected chi connectivity index (χ4v) is 1.79. The lowest BCUT2D eigenvalue weighted by atomic mass is 9.74. The molecule has 4 nitrogen and oxygen atoms in total. The summed E-state index contributed by atoms with van der Waals surface area (Å²) in [4.78, 5) is 23.2. The van der Waals surface area contributed by atoms with Gasteiger partial charge in [0.05, 0.1) is 5.69 Å². The lowest BCUT2D eigenvalue weighted by Crippen LogP contribution is -2.39. The average Bonchev–Trinajstić information content (AvgIpc) is 2.56. The van der Waals surface area contributed by atoms with Crippen LogP contribution in [0.1, 0.15) is 35.7 Å². The molecule has 2 rings (SSSR count). The van der Waals surface area contributed by atoms with Crippen LogP contribution in [-0.2, 0) is 17.4 Å². The highest BCUT2D eigenvalue weighted by Gasteiger charge is 2.49.